The van der Waals surface area contributed by atoms with Crippen LogP contribution < -0.4 is 0 Å². The lowest BCUT2D eigenvalue weighted by molar-refractivity contribution is -0.504. The molecule has 1 unspecified atom stereocenters. The van der Waals surface area contributed by atoms with Gasteiger partial charge in [-0.2, -0.15) is 0 Å². The highest BCUT2D eigenvalue weighted by molar-refractivity contribution is 4.45. The van der Waals surface area contributed by atoms with Gasteiger partial charge < -0.3 is 4.74 Å². The first-order valence-electron chi connectivity index (χ1n) is 3.94. The van der Waals surface area contributed by atoms with Gasteiger partial charge in [-0.05, 0) is 12.8 Å². The summed E-state index contributed by atoms with van der Waals surface area (Å²) < 4.78 is 5.18. The Kier molecular flexibility index (Phi) is 6.23. The fourth-order valence-electron chi connectivity index (χ4n) is 0.661. The van der Waals surface area contributed by atoms with Crippen molar-refractivity contribution in [3.63, 3.8) is 0 Å². The van der Waals surface area contributed by atoms with Gasteiger partial charge in [0.15, 0.2) is 0 Å². The Morgan fingerprint density at radius 1 is 1.17 bits per heavy atom. The van der Waals surface area contributed by atoms with Crippen LogP contribution in [-0.4, -0.2) is 35.1 Å². The van der Waals surface area contributed by atoms with Gasteiger partial charge in [0.1, 0.15) is 6.10 Å². The first kappa shape index (κ1) is 11.8. The third kappa shape index (κ3) is 7.90. The molecule has 0 aromatic heterocycles. The van der Waals surface area contributed by atoms with Crippen LogP contribution in [0.5, 0.6) is 0 Å². The zero-order valence-corrected chi connectivity index (χ0v) is 7.73. The molecular formula is C7H17NO4. The third-order valence-corrected chi connectivity index (χ3v) is 1.08. The molecule has 74 valence electrons. The van der Waals surface area contributed by atoms with Gasteiger partial charge in [0.05, 0.1) is 12.0 Å². The minimum atomic E-state index is -0.362. The number of hydrogen-bond acceptors (Lipinski definition) is 5. The zero-order chi connectivity index (χ0) is 9.56. The van der Waals surface area contributed by atoms with Crippen LogP contribution in [0, 0.1) is 5.92 Å². The van der Waals surface area contributed by atoms with E-state index in [1.165, 1.54) is 0 Å². The first-order valence-corrected chi connectivity index (χ1v) is 3.94. The molecule has 1 atom stereocenters. The summed E-state index contributed by atoms with van der Waals surface area (Å²) in [6.07, 6.45) is -0.362. The van der Waals surface area contributed by atoms with E-state index in [0.29, 0.717) is 19.1 Å². The second kappa shape index (κ2) is 6.33. The summed E-state index contributed by atoms with van der Waals surface area (Å²) in [7, 11) is 0. The topological polar surface area (TPSA) is 62.2 Å². The second-order valence-electron chi connectivity index (χ2n) is 3.10. The summed E-state index contributed by atoms with van der Waals surface area (Å²) in [6.45, 7) is 6.74. The molecule has 0 bridgehead atoms. The molecule has 0 aliphatic rings. The van der Waals surface area contributed by atoms with Gasteiger partial charge in [0.2, 0.25) is 0 Å². The van der Waals surface area contributed by atoms with E-state index in [4.69, 9.17) is 15.2 Å². The molecule has 12 heavy (non-hydrogen) atoms. The minimum absolute atomic E-state index is 0.302. The fraction of sp³-hybridized carbons (Fsp3) is 1.00. The highest BCUT2D eigenvalue weighted by Crippen LogP contribution is 1.97. The van der Waals surface area contributed by atoms with E-state index in [0.717, 1.165) is 0 Å². The van der Waals surface area contributed by atoms with Gasteiger partial charge in [-0.25, -0.2) is 4.84 Å². The maximum Gasteiger partial charge on any atom is 0.105 e. The predicted octanol–water partition coefficient (Wildman–Crippen LogP) is 1.06. The lowest BCUT2D eigenvalue weighted by Gasteiger charge is -2.14. The third-order valence-electron chi connectivity index (χ3n) is 1.08. The summed E-state index contributed by atoms with van der Waals surface area (Å²) >= 11 is 0. The fourth-order valence-corrected chi connectivity index (χ4v) is 0.661. The van der Waals surface area contributed by atoms with Gasteiger partial charge in [-0.3, -0.25) is 10.4 Å². The van der Waals surface area contributed by atoms with Crippen LogP contribution in [0.2, 0.25) is 0 Å². The summed E-state index contributed by atoms with van der Waals surface area (Å²) in [5.41, 5.74) is 0. The van der Waals surface area contributed by atoms with Crippen LogP contribution in [-0.2, 0) is 9.57 Å². The van der Waals surface area contributed by atoms with Gasteiger partial charge >= 0.3 is 0 Å². The summed E-state index contributed by atoms with van der Waals surface area (Å²) in [4.78, 5) is 4.45. The van der Waals surface area contributed by atoms with E-state index in [1.807, 2.05) is 13.8 Å². The zero-order valence-electron chi connectivity index (χ0n) is 7.73. The molecule has 0 aromatic carbocycles. The molecule has 0 aliphatic heterocycles. The van der Waals surface area contributed by atoms with Crippen molar-refractivity contribution in [2.75, 3.05) is 13.2 Å². The van der Waals surface area contributed by atoms with Crippen molar-refractivity contribution < 1.29 is 20.0 Å². The van der Waals surface area contributed by atoms with E-state index < -0.39 is 0 Å². The maximum absolute atomic E-state index is 8.24. The van der Waals surface area contributed by atoms with E-state index in [1.54, 1.807) is 6.92 Å². The van der Waals surface area contributed by atoms with E-state index in [2.05, 4.69) is 4.84 Å². The van der Waals surface area contributed by atoms with Crippen molar-refractivity contribution in [2.24, 2.45) is 5.92 Å². The Morgan fingerprint density at radius 2 is 1.75 bits per heavy atom. The summed E-state index contributed by atoms with van der Waals surface area (Å²) in [5, 5.41) is 16.2. The smallest absolute Gasteiger partial charge is 0.105 e. The number of ether oxygens (including phenoxy) is 1. The molecule has 0 rings (SSSR count). The SMILES string of the molecule is CC(C)COCC(C)ON(O)O. The largest absolute Gasteiger partial charge is 0.378 e. The maximum atomic E-state index is 8.24. The lowest BCUT2D eigenvalue weighted by atomic mass is 10.2. The Labute approximate surface area is 72.4 Å². The van der Waals surface area contributed by atoms with Gasteiger partial charge in [-0.1, -0.05) is 13.8 Å². The van der Waals surface area contributed by atoms with Crippen molar-refractivity contribution in [3.05, 3.63) is 0 Å². The van der Waals surface area contributed by atoms with Crippen LogP contribution in [0.3, 0.4) is 0 Å². The normalized spacial score (nSPS) is 14.2. The van der Waals surface area contributed by atoms with E-state index >= 15 is 0 Å². The molecule has 0 fully saturated rings. The molecule has 2 N–H and O–H groups in total. The van der Waals surface area contributed by atoms with Crippen molar-refractivity contribution in [1.82, 2.24) is 5.39 Å². The van der Waals surface area contributed by atoms with Crippen LogP contribution >= 0.6 is 0 Å². The van der Waals surface area contributed by atoms with E-state index in [-0.39, 0.29) is 11.5 Å². The van der Waals surface area contributed by atoms with Crippen LogP contribution in [0.4, 0.5) is 0 Å². The highest BCUT2D eigenvalue weighted by atomic mass is 17.1. The van der Waals surface area contributed by atoms with Crippen LogP contribution in [0.15, 0.2) is 0 Å². The van der Waals surface area contributed by atoms with Gasteiger partial charge in [0.25, 0.3) is 0 Å². The molecule has 0 aromatic rings. The molecule has 0 saturated carbocycles. The average Bonchev–Trinajstić information content (AvgIpc) is 1.84. The summed E-state index contributed by atoms with van der Waals surface area (Å²) in [5.74, 6) is 0.469. The van der Waals surface area contributed by atoms with Crippen LogP contribution in [0.1, 0.15) is 20.8 Å². The van der Waals surface area contributed by atoms with Crippen molar-refractivity contribution in [2.45, 2.75) is 26.9 Å². The molecule has 0 amide bonds. The molecule has 5 nitrogen and oxygen atoms in total. The molecular weight excluding hydrogens is 162 g/mol. The Morgan fingerprint density at radius 3 is 2.17 bits per heavy atom. The number of rotatable bonds is 6. The predicted molar refractivity (Wildman–Crippen MR) is 41.6 cm³/mol. The quantitative estimate of drug-likeness (QED) is 0.597. The van der Waals surface area contributed by atoms with Crippen molar-refractivity contribution in [3.8, 4) is 0 Å². The second-order valence-corrected chi connectivity index (χ2v) is 3.10. The highest BCUT2D eigenvalue weighted by Gasteiger charge is 2.06. The monoisotopic (exact) mass is 179 g/mol. The molecule has 5 heteroatoms. The number of nitrogens with zero attached hydrogens (tertiary/aromatic N) is 1. The Bertz CT molecular complexity index is 108. The number of hydrogen-bond donors (Lipinski definition) is 2. The lowest BCUT2D eigenvalue weighted by Crippen LogP contribution is -2.26. The minimum Gasteiger partial charge on any atom is -0.378 e. The average molecular weight is 179 g/mol. The molecule has 0 heterocycles. The van der Waals surface area contributed by atoms with Crippen molar-refractivity contribution >= 4 is 0 Å². The molecule has 0 saturated heterocycles. The molecule has 0 radical (unpaired) electrons. The standard InChI is InChI=1S/C7H17NO4/c1-6(2)4-11-5-7(3)12-8(9)10/h6-7,9-10H,4-5H2,1-3H3. The Hall–Kier alpha value is -0.200. The molecule has 0 spiro atoms. The van der Waals surface area contributed by atoms with Gasteiger partial charge in [0, 0.05) is 6.61 Å². The van der Waals surface area contributed by atoms with Crippen LogP contribution in [0.25, 0.3) is 0 Å². The van der Waals surface area contributed by atoms with Gasteiger partial charge in [-0.15, -0.1) is 0 Å². The first-order chi connectivity index (χ1) is 5.52. The molecule has 0 aliphatic carbocycles. The Balaban J connectivity index is 3.25. The summed E-state index contributed by atoms with van der Waals surface area (Å²) in [6, 6.07) is 0. The van der Waals surface area contributed by atoms with E-state index in [9.17, 15) is 0 Å². The van der Waals surface area contributed by atoms with Crippen molar-refractivity contribution in [1.29, 1.82) is 0 Å².